The second-order valence-corrected chi connectivity index (χ2v) is 20.0. The molecule has 1 aromatic heterocycles. The van der Waals surface area contributed by atoms with Gasteiger partial charge in [-0.1, -0.05) is 67.4 Å². The van der Waals surface area contributed by atoms with Crippen molar-refractivity contribution in [1.82, 2.24) is 14.9 Å². The molecule has 12 atom stereocenters. The summed E-state index contributed by atoms with van der Waals surface area (Å²) in [5, 5.41) is 75.0. The van der Waals surface area contributed by atoms with E-state index in [4.69, 9.17) is 28.4 Å². The van der Waals surface area contributed by atoms with Gasteiger partial charge in [0.2, 0.25) is 0 Å². The van der Waals surface area contributed by atoms with Crippen LogP contribution in [-0.2, 0) is 44.6 Å². The van der Waals surface area contributed by atoms with Crippen LogP contribution in [0.4, 0.5) is 15.5 Å². The third-order valence-electron chi connectivity index (χ3n) is 14.1. The third kappa shape index (κ3) is 9.38. The Balaban J connectivity index is 1.28. The molecule has 6 N–H and O–H groups in total. The van der Waals surface area contributed by atoms with Gasteiger partial charge < -0.3 is 69.4 Å². The van der Waals surface area contributed by atoms with E-state index in [-0.39, 0.29) is 28.7 Å². The number of esters is 2. The smallest absolute Gasteiger partial charge is 0.456 e. The molecule has 4 aliphatic rings. The molecule has 7 rings (SSSR count). The Bertz CT molecular complexity index is 2530. The van der Waals surface area contributed by atoms with Crippen LogP contribution in [0.15, 0.2) is 84.2 Å². The summed E-state index contributed by atoms with van der Waals surface area (Å²) in [6.07, 6.45) is -13.3. The van der Waals surface area contributed by atoms with Crippen molar-refractivity contribution in [3.8, 4) is 0 Å². The molecule has 2 aromatic carbocycles. The number of ether oxygens (including phenoxy) is 6. The molecule has 3 aromatic rings. The lowest BCUT2D eigenvalue weighted by Crippen LogP contribution is -2.81. The monoisotopic (exact) mass is 978 g/mol. The average Bonchev–Trinajstić information content (AvgIpc) is 3.77. The predicted molar refractivity (Wildman–Crippen MR) is 239 cm³/mol. The van der Waals surface area contributed by atoms with Crippen molar-refractivity contribution in [1.29, 1.82) is 0 Å². The Kier molecular flexibility index (Phi) is 14.1. The van der Waals surface area contributed by atoms with E-state index in [9.17, 15) is 54.8 Å². The number of nitrogens with zero attached hydrogens (tertiary/aromatic N) is 3. The number of alkyl carbamates (subject to hydrolysis) is 1. The Hall–Kier alpha value is -6.30. The SMILES string of the molecule is CC1=C2C(O)C(=O)[C@]3(C)C(OC(=O)OCC(O)Cn4ccnc4[N+](=O)[O-])CC4OCC4(O)C3C(OC(=O)c3ccccc3)C(O)(CC1OC(=O)C(O)C(NC(=O)OC(C)(C)C)c1ccccc1)C2(C)C. The predicted octanol–water partition coefficient (Wildman–Crippen LogP) is 3.02. The Labute approximate surface area is 401 Å². The van der Waals surface area contributed by atoms with Gasteiger partial charge >= 0.3 is 30.1 Å². The first-order chi connectivity index (χ1) is 32.7. The molecular weight excluding hydrogens is 921 g/mol. The molecule has 378 valence electrons. The molecule has 3 fully saturated rings. The molecule has 3 aliphatic carbocycles. The normalized spacial score (nSPS) is 30.3. The van der Waals surface area contributed by atoms with Crippen LogP contribution in [0, 0.1) is 26.9 Å². The minimum atomic E-state index is -2.50. The second kappa shape index (κ2) is 19.1. The fourth-order valence-corrected chi connectivity index (χ4v) is 10.5. The summed E-state index contributed by atoms with van der Waals surface area (Å²) in [6, 6.07) is 14.2. The number of carbonyl (C=O) groups excluding carboxylic acids is 5. The molecule has 70 heavy (non-hydrogen) atoms. The van der Waals surface area contributed by atoms with Crippen molar-refractivity contribution >= 4 is 35.9 Å². The highest BCUT2D eigenvalue weighted by atomic mass is 16.7. The van der Waals surface area contributed by atoms with E-state index >= 15 is 4.79 Å². The lowest BCUT2D eigenvalue weighted by atomic mass is 9.44. The van der Waals surface area contributed by atoms with E-state index in [2.05, 4.69) is 10.3 Å². The zero-order valence-electron chi connectivity index (χ0n) is 39.5. The summed E-state index contributed by atoms with van der Waals surface area (Å²) in [5.74, 6) is -5.73. The number of imidazole rings is 1. The fraction of sp³-hybridized carbons (Fsp3) is 0.542. The van der Waals surface area contributed by atoms with Crippen LogP contribution in [-0.4, -0.2) is 143 Å². The summed E-state index contributed by atoms with van der Waals surface area (Å²) in [4.78, 5) is 84.7. The van der Waals surface area contributed by atoms with Crippen LogP contribution in [0.2, 0.25) is 0 Å². The van der Waals surface area contributed by atoms with E-state index < -0.39 is 149 Å². The van der Waals surface area contributed by atoms with Crippen molar-refractivity contribution < 1.29 is 82.8 Å². The number of aliphatic hydroxyl groups excluding tert-OH is 3. The number of nitro groups is 1. The average molecular weight is 979 g/mol. The number of fused-ring (bicyclic) bond motifs is 5. The standard InChI is InChI=1S/C48H58N4O18/c1-25-29(67-40(58)35(55)33(26-14-10-8-11-15-26)50-42(59)70-44(2,3)4)21-48(62)38(69-39(57)27-16-12-9-13-17-27)36-46(7,37(56)34(54)32(25)45(48,5)6)30(20-31-47(36,61)24-66-31)68-43(60)65-23-28(53)22-51-19-18-49-41(51)52(63)64/h8-19,28-31,33-36,38,53-55,61-62H,20-24H2,1-7H3,(H,50,59)/t28?,29?,30?,31?,33?,34?,35?,36?,38?,46-,47?,48?/m1/s1. The Morgan fingerprint density at radius 2 is 1.64 bits per heavy atom. The molecular formula is C48H58N4O18. The van der Waals surface area contributed by atoms with Gasteiger partial charge in [-0.25, -0.2) is 23.7 Å². The molecule has 11 unspecified atom stereocenters. The number of aliphatic hydroxyl groups is 5. The number of hydrogen-bond donors (Lipinski definition) is 6. The van der Waals surface area contributed by atoms with E-state index in [1.165, 1.54) is 46.0 Å². The van der Waals surface area contributed by atoms with Gasteiger partial charge in [0.15, 0.2) is 11.9 Å². The lowest BCUT2D eigenvalue weighted by molar-refractivity contribution is -0.397. The van der Waals surface area contributed by atoms with Crippen LogP contribution < -0.4 is 5.32 Å². The first-order valence-electron chi connectivity index (χ1n) is 22.6. The first-order valence-corrected chi connectivity index (χ1v) is 22.6. The van der Waals surface area contributed by atoms with Crippen LogP contribution in [0.5, 0.6) is 0 Å². The third-order valence-corrected chi connectivity index (χ3v) is 14.1. The molecule has 0 radical (unpaired) electrons. The second-order valence-electron chi connectivity index (χ2n) is 20.0. The Morgan fingerprint density at radius 1 is 1.00 bits per heavy atom. The van der Waals surface area contributed by atoms with Crippen molar-refractivity contribution in [3.05, 3.63) is 105 Å². The van der Waals surface area contributed by atoms with E-state index in [0.717, 1.165) is 10.8 Å². The number of Topliss-reactive ketones (excluding diaryl/α,β-unsaturated/α-hetero) is 1. The maximum Gasteiger partial charge on any atom is 0.508 e. The van der Waals surface area contributed by atoms with Crippen LogP contribution in [0.3, 0.4) is 0 Å². The maximum atomic E-state index is 15.4. The molecule has 1 aliphatic heterocycles. The zero-order chi connectivity index (χ0) is 51.3. The maximum absolute atomic E-state index is 15.4. The number of ketones is 1. The van der Waals surface area contributed by atoms with Gasteiger partial charge in [-0.2, -0.15) is 0 Å². The number of aromatic nitrogens is 2. The van der Waals surface area contributed by atoms with Gasteiger partial charge in [-0.05, 0) is 68.4 Å². The summed E-state index contributed by atoms with van der Waals surface area (Å²) >= 11 is 0. The van der Waals surface area contributed by atoms with Gasteiger partial charge in [0.25, 0.3) is 0 Å². The minimum absolute atomic E-state index is 0.00232. The van der Waals surface area contributed by atoms with Crippen molar-refractivity contribution in [2.24, 2.45) is 16.7 Å². The lowest BCUT2D eigenvalue weighted by Gasteiger charge is -2.67. The van der Waals surface area contributed by atoms with Crippen molar-refractivity contribution in [2.45, 2.75) is 133 Å². The summed E-state index contributed by atoms with van der Waals surface area (Å²) in [7, 11) is 0. The molecule has 0 spiro atoms. The number of nitrogens with one attached hydrogen (secondary N) is 1. The van der Waals surface area contributed by atoms with Gasteiger partial charge in [-0.15, -0.1) is 0 Å². The fourth-order valence-electron chi connectivity index (χ4n) is 10.5. The van der Waals surface area contributed by atoms with Crippen LogP contribution in [0.1, 0.15) is 83.3 Å². The molecule has 2 bridgehead atoms. The summed E-state index contributed by atoms with van der Waals surface area (Å²) in [6.45, 7) is 8.92. The van der Waals surface area contributed by atoms with E-state index in [1.54, 1.807) is 69.3 Å². The highest BCUT2D eigenvalue weighted by Crippen LogP contribution is 2.63. The van der Waals surface area contributed by atoms with E-state index in [1.807, 2.05) is 0 Å². The van der Waals surface area contributed by atoms with Crippen molar-refractivity contribution in [2.75, 3.05) is 13.2 Å². The molecule has 2 saturated carbocycles. The number of amides is 1. The van der Waals surface area contributed by atoms with Crippen molar-refractivity contribution in [3.63, 3.8) is 0 Å². The number of rotatable bonds is 13. The number of benzene rings is 2. The minimum Gasteiger partial charge on any atom is -0.456 e. The molecule has 22 heteroatoms. The first kappa shape index (κ1) is 51.5. The summed E-state index contributed by atoms with van der Waals surface area (Å²) in [5.41, 5.74) is -9.42. The molecule has 1 saturated heterocycles. The van der Waals surface area contributed by atoms with Gasteiger partial charge in [0, 0.05) is 24.2 Å². The van der Waals surface area contributed by atoms with Gasteiger partial charge in [0.05, 0.1) is 29.7 Å². The van der Waals surface area contributed by atoms with Gasteiger partial charge in [-0.3, -0.25) is 4.79 Å². The molecule has 2 heterocycles. The molecule has 1 amide bonds. The van der Waals surface area contributed by atoms with Gasteiger partial charge in [0.1, 0.15) is 72.9 Å². The topological polar surface area (TPSA) is 315 Å². The van der Waals surface area contributed by atoms with Crippen LogP contribution in [0.25, 0.3) is 0 Å². The highest BCUT2D eigenvalue weighted by Gasteiger charge is 2.77. The van der Waals surface area contributed by atoms with Crippen LogP contribution >= 0.6 is 0 Å². The highest BCUT2D eigenvalue weighted by molar-refractivity contribution is 5.94. The van der Waals surface area contributed by atoms with E-state index in [0.29, 0.717) is 0 Å². The molecule has 22 nitrogen and oxygen atoms in total. The number of carbonyl (C=O) groups is 5. The quantitative estimate of drug-likeness (QED) is 0.0471. The zero-order valence-corrected chi connectivity index (χ0v) is 39.5. The largest absolute Gasteiger partial charge is 0.508 e. The number of hydrogen-bond acceptors (Lipinski definition) is 19. The Morgan fingerprint density at radius 3 is 2.24 bits per heavy atom. The summed E-state index contributed by atoms with van der Waals surface area (Å²) < 4.78 is 35.6.